The first kappa shape index (κ1) is 23.2. The van der Waals surface area contributed by atoms with E-state index in [-0.39, 0.29) is 18.7 Å². The Morgan fingerprint density at radius 3 is 2.60 bits per heavy atom. The number of benzene rings is 2. The normalized spacial score (nSPS) is 23.5. The van der Waals surface area contributed by atoms with Crippen molar-refractivity contribution in [2.24, 2.45) is 0 Å². The van der Waals surface area contributed by atoms with Crippen LogP contribution < -0.4 is 5.32 Å². The number of hydrogen-bond acceptors (Lipinski definition) is 4. The lowest BCUT2D eigenvalue weighted by Gasteiger charge is -2.24. The Morgan fingerprint density at radius 1 is 1.27 bits per heavy atom. The van der Waals surface area contributed by atoms with Crippen LogP contribution in [0.5, 0.6) is 0 Å². The maximum Gasteiger partial charge on any atom is 0.416 e. The van der Waals surface area contributed by atoms with Crippen molar-refractivity contribution in [2.45, 2.75) is 41.0 Å². The average molecular weight is 482 g/mol. The zero-order valence-electron chi connectivity index (χ0n) is 15.7. The minimum atomic E-state index is -4.65. The molecule has 1 saturated heterocycles. The molecule has 30 heavy (non-hydrogen) atoms. The lowest BCUT2D eigenvalue weighted by molar-refractivity contribution is -0.137. The minimum absolute atomic E-state index is 0.0144. The van der Waals surface area contributed by atoms with Crippen molar-refractivity contribution < 1.29 is 30.4 Å². The molecule has 2 aromatic rings. The van der Waals surface area contributed by atoms with Crippen LogP contribution in [0.15, 0.2) is 47.4 Å². The van der Waals surface area contributed by atoms with Crippen molar-refractivity contribution in [1.82, 2.24) is 5.32 Å². The van der Waals surface area contributed by atoms with Gasteiger partial charge in [-0.25, -0.2) is 12.6 Å². The van der Waals surface area contributed by atoms with Gasteiger partial charge < -0.3 is 9.87 Å². The van der Waals surface area contributed by atoms with E-state index in [2.05, 4.69) is 5.32 Å². The summed E-state index contributed by atoms with van der Waals surface area (Å²) in [6, 6.07) is 8.04. The minimum Gasteiger partial charge on any atom is -0.308 e. The van der Waals surface area contributed by atoms with E-state index in [0.29, 0.717) is 22.2 Å². The maximum absolute atomic E-state index is 13.2. The van der Waals surface area contributed by atoms with Crippen molar-refractivity contribution in [1.29, 1.82) is 0 Å². The van der Waals surface area contributed by atoms with Gasteiger partial charge in [-0.2, -0.15) is 13.2 Å². The first-order valence-electron chi connectivity index (χ1n) is 8.84. The highest BCUT2D eigenvalue weighted by molar-refractivity contribution is 7.92. The van der Waals surface area contributed by atoms with Gasteiger partial charge in [-0.3, -0.25) is 0 Å². The van der Waals surface area contributed by atoms with E-state index in [4.69, 9.17) is 11.6 Å². The molecule has 2 aromatic carbocycles. The summed E-state index contributed by atoms with van der Waals surface area (Å²) in [6.45, 7) is 1.50. The fourth-order valence-electron chi connectivity index (χ4n) is 3.64. The van der Waals surface area contributed by atoms with Crippen molar-refractivity contribution in [3.8, 4) is 0 Å². The van der Waals surface area contributed by atoms with E-state index in [1.807, 2.05) is 0 Å². The van der Waals surface area contributed by atoms with Crippen molar-refractivity contribution in [2.75, 3.05) is 6.54 Å². The van der Waals surface area contributed by atoms with Gasteiger partial charge in [-0.1, -0.05) is 23.7 Å². The Kier molecular flexibility index (Phi) is 6.37. The molecule has 1 aliphatic rings. The van der Waals surface area contributed by atoms with E-state index in [1.54, 1.807) is 18.2 Å². The summed E-state index contributed by atoms with van der Waals surface area (Å²) in [7, 11) is -4.10. The second-order valence-electron chi connectivity index (χ2n) is 7.43. The van der Waals surface area contributed by atoms with E-state index >= 15 is 0 Å². The molecule has 1 fully saturated rings. The third kappa shape index (κ3) is 4.57. The van der Waals surface area contributed by atoms with Crippen molar-refractivity contribution >= 4 is 32.5 Å². The molecule has 3 unspecified atom stereocenters. The average Bonchev–Trinajstić information content (AvgIpc) is 3.04. The Morgan fingerprint density at radius 2 is 1.97 bits per heavy atom. The van der Waals surface area contributed by atoms with Crippen LogP contribution in [0, 0.1) is 0 Å². The van der Waals surface area contributed by atoms with Crippen molar-refractivity contribution in [3.63, 3.8) is 0 Å². The van der Waals surface area contributed by atoms with Crippen LogP contribution in [0.1, 0.15) is 36.1 Å². The second kappa shape index (κ2) is 8.23. The Hall–Kier alpha value is -1.46. The summed E-state index contributed by atoms with van der Waals surface area (Å²) < 4.78 is 84.7. The third-order valence-electron chi connectivity index (χ3n) is 5.24. The quantitative estimate of drug-likeness (QED) is 0.620. The van der Waals surface area contributed by atoms with Gasteiger partial charge in [0.1, 0.15) is 0 Å². The number of nitrogens with one attached hydrogen (secondary N) is 1. The molecule has 2 N–H and O–H groups in total. The molecule has 0 radical (unpaired) electrons. The topological polar surface area (TPSA) is 83.5 Å². The standard InChI is InChI=1S/C19H19ClF3NO4S2/c1-18(30(27,28)15-4-2-3-13(8-15)19(21,22)23)9-17(24-11-18)16-6-5-14(20)7-12(16)10-29(25)26/h2-8,17,24H,9-11H2,1H3,(H,25,26). The lowest BCUT2D eigenvalue weighted by Crippen LogP contribution is -2.37. The fraction of sp³-hybridized carbons (Fsp3) is 0.368. The molecule has 1 heterocycles. The summed E-state index contributed by atoms with van der Waals surface area (Å²) >= 11 is 3.85. The molecule has 0 aliphatic carbocycles. The maximum atomic E-state index is 13.2. The van der Waals surface area contributed by atoms with Gasteiger partial charge in [-0.15, -0.1) is 0 Å². The first-order valence-corrected chi connectivity index (χ1v) is 12.0. The monoisotopic (exact) mass is 481 g/mol. The van der Waals surface area contributed by atoms with Gasteiger partial charge in [-0.05, 0) is 54.8 Å². The molecule has 5 nitrogen and oxygen atoms in total. The van der Waals surface area contributed by atoms with Crippen LogP contribution in [0.25, 0.3) is 0 Å². The smallest absolute Gasteiger partial charge is 0.308 e. The molecule has 0 spiro atoms. The molecule has 0 amide bonds. The van der Waals surface area contributed by atoms with E-state index in [9.17, 15) is 30.4 Å². The zero-order valence-corrected chi connectivity index (χ0v) is 18.1. The highest BCUT2D eigenvalue weighted by Gasteiger charge is 2.47. The highest BCUT2D eigenvalue weighted by Crippen LogP contribution is 2.41. The summed E-state index contributed by atoms with van der Waals surface area (Å²) in [6.07, 6.45) is -4.57. The number of rotatable bonds is 5. The van der Waals surface area contributed by atoms with Crippen LogP contribution >= 0.6 is 11.6 Å². The highest BCUT2D eigenvalue weighted by atomic mass is 35.5. The summed E-state index contributed by atoms with van der Waals surface area (Å²) in [4.78, 5) is -0.393. The third-order valence-corrected chi connectivity index (χ3v) is 8.51. The molecule has 11 heteroatoms. The van der Waals surface area contributed by atoms with Gasteiger partial charge in [0.15, 0.2) is 20.9 Å². The molecule has 3 atom stereocenters. The van der Waals surface area contributed by atoms with E-state index < -0.39 is 48.3 Å². The van der Waals surface area contributed by atoms with Gasteiger partial charge in [0.05, 0.1) is 21.0 Å². The van der Waals surface area contributed by atoms with Crippen LogP contribution in [0.3, 0.4) is 0 Å². The predicted molar refractivity (Wildman–Crippen MR) is 108 cm³/mol. The van der Waals surface area contributed by atoms with Crippen LogP contribution in [-0.2, 0) is 32.8 Å². The van der Waals surface area contributed by atoms with Gasteiger partial charge >= 0.3 is 6.18 Å². The van der Waals surface area contributed by atoms with Crippen LogP contribution in [0.2, 0.25) is 5.02 Å². The van der Waals surface area contributed by atoms with Gasteiger partial charge in [0.25, 0.3) is 0 Å². The Labute approximate surface area is 179 Å². The Bertz CT molecular complexity index is 1090. The molecule has 0 saturated carbocycles. The molecule has 3 rings (SSSR count). The van der Waals surface area contributed by atoms with Crippen LogP contribution in [-0.4, -0.2) is 28.5 Å². The summed E-state index contributed by atoms with van der Waals surface area (Å²) in [5.74, 6) is -0.175. The molecule has 0 bridgehead atoms. The second-order valence-corrected chi connectivity index (χ2v) is 11.3. The molecule has 0 aromatic heterocycles. The first-order chi connectivity index (χ1) is 13.8. The van der Waals surface area contributed by atoms with Gasteiger partial charge in [0, 0.05) is 17.6 Å². The number of hydrogen-bond donors (Lipinski definition) is 2. The molecule has 1 aliphatic heterocycles. The van der Waals surface area contributed by atoms with Crippen molar-refractivity contribution in [3.05, 3.63) is 64.2 Å². The molecular formula is C19H19ClF3NO4S2. The molecular weight excluding hydrogens is 463 g/mol. The summed E-state index contributed by atoms with van der Waals surface area (Å²) in [5, 5.41) is 3.46. The zero-order chi connectivity index (χ0) is 22.3. The number of alkyl halides is 3. The largest absolute Gasteiger partial charge is 0.416 e. The molecule has 164 valence electrons. The predicted octanol–water partition coefficient (Wildman–Crippen LogP) is 4.35. The fourth-order valence-corrected chi connectivity index (χ4v) is 6.12. The van der Waals surface area contributed by atoms with E-state index in [1.165, 1.54) is 6.92 Å². The van der Waals surface area contributed by atoms with Crippen LogP contribution in [0.4, 0.5) is 13.2 Å². The SMILES string of the molecule is CC1(S(=O)(=O)c2cccc(C(F)(F)F)c2)CNC(c2ccc(Cl)cc2CS(=O)O)C1. The van der Waals surface area contributed by atoms with E-state index in [0.717, 1.165) is 18.2 Å². The Balaban J connectivity index is 1.94. The summed E-state index contributed by atoms with van der Waals surface area (Å²) in [5.41, 5.74) is 0.103. The number of sulfone groups is 1. The lowest BCUT2D eigenvalue weighted by atomic mass is 9.97. The number of halogens is 4. The van der Waals surface area contributed by atoms with Gasteiger partial charge in [0.2, 0.25) is 0 Å².